The van der Waals surface area contributed by atoms with Crippen molar-refractivity contribution in [2.24, 2.45) is 0 Å². The van der Waals surface area contributed by atoms with E-state index in [1.807, 2.05) is 121 Å². The molecule has 0 saturated heterocycles. The summed E-state index contributed by atoms with van der Waals surface area (Å²) in [5, 5.41) is 5.20. The van der Waals surface area contributed by atoms with Crippen molar-refractivity contribution in [3.05, 3.63) is 141 Å². The maximum absolute atomic E-state index is 14.2. The maximum Gasteiger partial charge on any atom is 0.263 e. The van der Waals surface area contributed by atoms with E-state index in [1.54, 1.807) is 0 Å². The van der Waals surface area contributed by atoms with Gasteiger partial charge in [-0.25, -0.2) is 0 Å². The molecule has 0 unspecified atom stereocenters. The smallest absolute Gasteiger partial charge is 0.263 e. The zero-order valence-electron chi connectivity index (χ0n) is 22.0. The van der Waals surface area contributed by atoms with E-state index in [0.717, 1.165) is 60.6 Å². The molecule has 0 aliphatic carbocycles. The highest BCUT2D eigenvalue weighted by atomic mass is 16.1. The van der Waals surface area contributed by atoms with Crippen LogP contribution in [-0.4, -0.2) is 9.13 Å². The molecule has 188 valence electrons. The Bertz CT molecular complexity index is 2250. The Morgan fingerprint density at radius 2 is 0.897 bits per heavy atom. The Morgan fingerprint density at radius 3 is 1.54 bits per heavy atom. The van der Waals surface area contributed by atoms with Gasteiger partial charge < -0.3 is 0 Å². The van der Waals surface area contributed by atoms with Gasteiger partial charge in [-0.15, -0.1) is 0 Å². The molecule has 2 heterocycles. The highest BCUT2D eigenvalue weighted by Crippen LogP contribution is 2.34. The average Bonchev–Trinajstić information content (AvgIpc) is 2.96. The molecule has 5 aromatic carbocycles. The first-order chi connectivity index (χ1) is 19.0. The molecule has 0 aliphatic heterocycles. The number of pyridine rings is 2. The maximum atomic E-state index is 14.2. The SMILES string of the molecule is Cc1ccccc1-n1c(=O)c2ccccc2c2ccc(-n3c(=O)c4ccccc4c4cccc(C)c43)c(C)c21. The van der Waals surface area contributed by atoms with Gasteiger partial charge in [0.1, 0.15) is 0 Å². The lowest BCUT2D eigenvalue weighted by Crippen LogP contribution is -2.23. The molecule has 0 spiro atoms. The molecule has 4 heteroatoms. The van der Waals surface area contributed by atoms with Gasteiger partial charge in [0, 0.05) is 21.5 Å². The van der Waals surface area contributed by atoms with Crippen LogP contribution in [0.4, 0.5) is 0 Å². The molecule has 0 fully saturated rings. The fraction of sp³-hybridized carbons (Fsp3) is 0.0857. The largest absolute Gasteiger partial charge is 0.276 e. The zero-order valence-corrected chi connectivity index (χ0v) is 22.0. The number of hydrogen-bond acceptors (Lipinski definition) is 2. The van der Waals surface area contributed by atoms with Crippen molar-refractivity contribution in [2.75, 3.05) is 0 Å². The molecule has 0 saturated carbocycles. The number of aryl methyl sites for hydroxylation is 3. The monoisotopic (exact) mass is 506 g/mol. The first kappa shape index (κ1) is 23.2. The molecule has 0 bridgehead atoms. The second-order valence-corrected chi connectivity index (χ2v) is 10.2. The topological polar surface area (TPSA) is 44.0 Å². The quantitative estimate of drug-likeness (QED) is 0.228. The van der Waals surface area contributed by atoms with E-state index in [2.05, 4.69) is 12.1 Å². The molecule has 0 N–H and O–H groups in total. The van der Waals surface area contributed by atoms with E-state index in [9.17, 15) is 9.59 Å². The van der Waals surface area contributed by atoms with Gasteiger partial charge in [0.05, 0.1) is 22.4 Å². The summed E-state index contributed by atoms with van der Waals surface area (Å²) in [5.41, 5.74) is 6.07. The molecule has 39 heavy (non-hydrogen) atoms. The normalized spacial score (nSPS) is 11.7. The molecule has 0 atom stereocenters. The van der Waals surface area contributed by atoms with Gasteiger partial charge in [0.25, 0.3) is 11.1 Å². The van der Waals surface area contributed by atoms with E-state index < -0.39 is 0 Å². The first-order valence-corrected chi connectivity index (χ1v) is 13.1. The van der Waals surface area contributed by atoms with Crippen LogP contribution in [0.3, 0.4) is 0 Å². The number of aromatic nitrogens is 2. The van der Waals surface area contributed by atoms with Gasteiger partial charge in [-0.1, -0.05) is 78.9 Å². The molecule has 7 aromatic rings. The fourth-order valence-corrected chi connectivity index (χ4v) is 6.14. The molecule has 4 nitrogen and oxygen atoms in total. The summed E-state index contributed by atoms with van der Waals surface area (Å²) in [6, 6.07) is 33.7. The van der Waals surface area contributed by atoms with Gasteiger partial charge in [-0.3, -0.25) is 18.7 Å². The number of nitrogens with zero attached hydrogens (tertiary/aromatic N) is 2. The van der Waals surface area contributed by atoms with Crippen molar-refractivity contribution in [1.29, 1.82) is 0 Å². The van der Waals surface area contributed by atoms with Crippen molar-refractivity contribution in [1.82, 2.24) is 9.13 Å². The van der Waals surface area contributed by atoms with Crippen LogP contribution in [0.1, 0.15) is 16.7 Å². The van der Waals surface area contributed by atoms with Gasteiger partial charge in [-0.05, 0) is 72.5 Å². The van der Waals surface area contributed by atoms with E-state index in [0.29, 0.717) is 10.8 Å². The molecular weight excluding hydrogens is 480 g/mol. The van der Waals surface area contributed by atoms with Crippen molar-refractivity contribution in [2.45, 2.75) is 20.8 Å². The summed E-state index contributed by atoms with van der Waals surface area (Å²) in [6.45, 7) is 6.08. The third-order valence-corrected chi connectivity index (χ3v) is 7.99. The summed E-state index contributed by atoms with van der Waals surface area (Å²) in [6.07, 6.45) is 0. The van der Waals surface area contributed by atoms with Gasteiger partial charge in [0.2, 0.25) is 0 Å². The van der Waals surface area contributed by atoms with Crippen LogP contribution in [0.25, 0.3) is 54.7 Å². The third kappa shape index (κ3) is 3.25. The Morgan fingerprint density at radius 1 is 0.410 bits per heavy atom. The predicted molar refractivity (Wildman–Crippen MR) is 162 cm³/mol. The molecule has 0 aliphatic rings. The Balaban J connectivity index is 1.72. The van der Waals surface area contributed by atoms with Crippen molar-refractivity contribution >= 4 is 43.4 Å². The van der Waals surface area contributed by atoms with E-state index in [-0.39, 0.29) is 11.1 Å². The van der Waals surface area contributed by atoms with Crippen LogP contribution in [0.15, 0.2) is 113 Å². The van der Waals surface area contributed by atoms with Gasteiger partial charge >= 0.3 is 0 Å². The van der Waals surface area contributed by atoms with E-state index in [1.165, 1.54) is 0 Å². The minimum atomic E-state index is -0.0699. The number of benzene rings is 5. The standard InChI is InChI=1S/C35H26N2O2/c1-21-11-4-9-18-30(21)36-33-23(3)31(20-19-27(33)25-14-6-8-16-29(25)34(36)38)37-32-22(2)12-10-17-26(32)24-13-5-7-15-28(24)35(37)39/h4-20H,1-3H3. The average molecular weight is 507 g/mol. The predicted octanol–water partition coefficient (Wildman–Crippen LogP) is 7.53. The highest BCUT2D eigenvalue weighted by Gasteiger charge is 2.20. The van der Waals surface area contributed by atoms with Crippen LogP contribution < -0.4 is 11.1 Å². The second kappa shape index (κ2) is 8.53. The van der Waals surface area contributed by atoms with Gasteiger partial charge in [-0.2, -0.15) is 0 Å². The number of fused-ring (bicyclic) bond motifs is 6. The fourth-order valence-electron chi connectivity index (χ4n) is 6.14. The van der Waals surface area contributed by atoms with Crippen molar-refractivity contribution in [3.8, 4) is 11.4 Å². The lowest BCUT2D eigenvalue weighted by atomic mass is 9.99. The molecular formula is C35H26N2O2. The lowest BCUT2D eigenvalue weighted by molar-refractivity contribution is 1.01. The van der Waals surface area contributed by atoms with Crippen LogP contribution in [0.2, 0.25) is 0 Å². The van der Waals surface area contributed by atoms with Crippen LogP contribution in [0, 0.1) is 20.8 Å². The third-order valence-electron chi connectivity index (χ3n) is 7.99. The Labute approximate surface area is 225 Å². The zero-order chi connectivity index (χ0) is 26.8. The van der Waals surface area contributed by atoms with Crippen molar-refractivity contribution in [3.63, 3.8) is 0 Å². The molecule has 0 radical (unpaired) electrons. The molecule has 2 aromatic heterocycles. The molecule has 7 rings (SSSR count). The second-order valence-electron chi connectivity index (χ2n) is 10.2. The Hall–Kier alpha value is -4.96. The minimum Gasteiger partial charge on any atom is -0.276 e. The van der Waals surface area contributed by atoms with Crippen molar-refractivity contribution < 1.29 is 0 Å². The minimum absolute atomic E-state index is 0.0690. The number of para-hydroxylation sites is 2. The van der Waals surface area contributed by atoms with E-state index in [4.69, 9.17) is 0 Å². The van der Waals surface area contributed by atoms with E-state index >= 15 is 0 Å². The summed E-state index contributed by atoms with van der Waals surface area (Å²) in [7, 11) is 0. The summed E-state index contributed by atoms with van der Waals surface area (Å²) < 4.78 is 3.66. The Kier molecular flexibility index (Phi) is 5.07. The summed E-state index contributed by atoms with van der Waals surface area (Å²) >= 11 is 0. The summed E-state index contributed by atoms with van der Waals surface area (Å²) in [5.74, 6) is 0. The first-order valence-electron chi connectivity index (χ1n) is 13.1. The van der Waals surface area contributed by atoms with Crippen LogP contribution in [0.5, 0.6) is 0 Å². The summed E-state index contributed by atoms with van der Waals surface area (Å²) in [4.78, 5) is 28.3. The van der Waals surface area contributed by atoms with Gasteiger partial charge in [0.15, 0.2) is 0 Å². The lowest BCUT2D eigenvalue weighted by Gasteiger charge is -2.21. The van der Waals surface area contributed by atoms with Crippen LogP contribution >= 0.6 is 0 Å². The highest BCUT2D eigenvalue weighted by molar-refractivity contribution is 6.09. The van der Waals surface area contributed by atoms with Crippen LogP contribution in [-0.2, 0) is 0 Å². The molecule has 0 amide bonds. The number of rotatable bonds is 2. The number of hydrogen-bond donors (Lipinski definition) is 0.